The quantitative estimate of drug-likeness (QED) is 0.0429. The van der Waals surface area contributed by atoms with Crippen LogP contribution >= 0.6 is 42.3 Å². The molecular weight excluding hydrogens is 992 g/mol. The molecule has 6 rings (SSSR count). The molecule has 1 atom stereocenters. The number of carbonyl (C=O) groups excluding carboxylic acids is 2. The highest BCUT2D eigenvalue weighted by molar-refractivity contribution is 7.51. The number of anilines is 4. The van der Waals surface area contributed by atoms with Crippen molar-refractivity contribution >= 4 is 89.1 Å². The molecule has 2 aliphatic heterocycles. The fourth-order valence-corrected chi connectivity index (χ4v) is 8.30. The van der Waals surface area contributed by atoms with E-state index in [-0.39, 0.29) is 58.8 Å². The van der Waals surface area contributed by atoms with E-state index in [0.29, 0.717) is 34.7 Å². The van der Waals surface area contributed by atoms with Crippen LogP contribution in [0.4, 0.5) is 33.3 Å². The van der Waals surface area contributed by atoms with Crippen LogP contribution in [0.5, 0.6) is 5.75 Å². The van der Waals surface area contributed by atoms with Crippen molar-refractivity contribution in [2.75, 3.05) is 72.6 Å². The molecule has 0 fully saturated rings. The van der Waals surface area contributed by atoms with Gasteiger partial charge in [-0.3, -0.25) is 29.2 Å². The Hall–Kier alpha value is -5.24. The molecule has 2 amide bonds. The van der Waals surface area contributed by atoms with Gasteiger partial charge in [-0.15, -0.1) is 18.0 Å². The highest BCUT2D eigenvalue weighted by Gasteiger charge is 2.32. The number of para-hydroxylation sites is 1. The van der Waals surface area contributed by atoms with Gasteiger partial charge in [0.05, 0.1) is 43.4 Å². The summed E-state index contributed by atoms with van der Waals surface area (Å²) in [7, 11) is -2.46. The third-order valence-electron chi connectivity index (χ3n) is 9.63. The third-order valence-corrected chi connectivity index (χ3v) is 11.4. The van der Waals surface area contributed by atoms with Gasteiger partial charge in [-0.1, -0.05) is 44.9 Å². The number of ether oxygens (including phenoxy) is 2. The van der Waals surface area contributed by atoms with E-state index in [4.69, 9.17) is 54.0 Å². The lowest BCUT2D eigenvalue weighted by Gasteiger charge is -2.31. The number of hydrogen-bond acceptors (Lipinski definition) is 15. The lowest BCUT2D eigenvalue weighted by molar-refractivity contribution is -0.135. The zero-order valence-electron chi connectivity index (χ0n) is 41.0. The number of nitrogens with one attached hydrogen (secondary N) is 3. The number of aromatic nitrogens is 5. The van der Waals surface area contributed by atoms with Gasteiger partial charge in [-0.05, 0) is 82.2 Å². The van der Waals surface area contributed by atoms with Crippen LogP contribution < -0.4 is 35.3 Å². The summed E-state index contributed by atoms with van der Waals surface area (Å²) in [6, 6.07) is 8.80. The van der Waals surface area contributed by atoms with Crippen molar-refractivity contribution in [1.82, 2.24) is 29.2 Å². The van der Waals surface area contributed by atoms with Gasteiger partial charge in [-0.2, -0.15) is 19.3 Å². The predicted octanol–water partition coefficient (Wildman–Crippen LogP) is 6.38. The number of benzene rings is 2. The number of fused-ring (bicyclic) bond motifs is 2. The van der Waals surface area contributed by atoms with Crippen molar-refractivity contribution in [1.29, 1.82) is 0 Å². The van der Waals surface area contributed by atoms with Gasteiger partial charge in [-0.25, -0.2) is 9.38 Å². The molecule has 0 spiro atoms. The molecule has 2 aromatic carbocycles. The van der Waals surface area contributed by atoms with Crippen LogP contribution in [0.15, 0.2) is 35.3 Å². The highest BCUT2D eigenvalue weighted by atomic mass is 35.5. The summed E-state index contributed by atoms with van der Waals surface area (Å²) in [6.45, 7) is 20.0. The van der Waals surface area contributed by atoms with E-state index in [1.165, 1.54) is 28.6 Å². The summed E-state index contributed by atoms with van der Waals surface area (Å²) >= 11 is 12.8. The van der Waals surface area contributed by atoms with E-state index < -0.39 is 32.2 Å². The summed E-state index contributed by atoms with van der Waals surface area (Å²) < 4.78 is 41.6. The molecule has 25 heteroatoms. The van der Waals surface area contributed by atoms with Gasteiger partial charge < -0.3 is 44.5 Å². The Balaban J connectivity index is 0.000000262. The molecule has 70 heavy (non-hydrogen) atoms. The lowest BCUT2D eigenvalue weighted by atomic mass is 9.92. The van der Waals surface area contributed by atoms with E-state index in [0.717, 1.165) is 48.6 Å². The summed E-state index contributed by atoms with van der Waals surface area (Å²) in [6.07, 6.45) is 6.50. The van der Waals surface area contributed by atoms with Crippen LogP contribution in [0, 0.1) is 30.5 Å². The van der Waals surface area contributed by atoms with Crippen molar-refractivity contribution in [2.24, 2.45) is 10.4 Å². The average Bonchev–Trinajstić information content (AvgIpc) is 3.76. The van der Waals surface area contributed by atoms with Crippen LogP contribution in [0.3, 0.4) is 0 Å². The Morgan fingerprint density at radius 2 is 1.87 bits per heavy atom. The highest BCUT2D eigenvalue weighted by Crippen LogP contribution is 2.38. The standard InChI is InChI=1S/C18H17FN4O2S.C15H22ClNO2.C9H16ClN5.C3H8NO5P/c1-4-5-22-13-7-12(11(19)6-14(13)25-9-16(22)24)20-17-23-10-18(2,3)8-15(23)21-26-17;1-5-13-8-6-7-11(2)15(13)17(14(18)9-16)12(3)10-19-4;1-5-11-7-12-6(10)13-8(14-7)15-9(2,3)4;5-3(6)1-4-2-10(7,8)9/h1,6-7H,5,8-10H2,2-3H3;6-8,12H,5,9-10H2,1-4H3;5H2,1-4H3,(H2,11,12,13,14,15);4H,1-2H2,(H,5,6)(H2,7,8,9). The number of carbonyl (C=O) groups is 3. The molecule has 0 saturated carbocycles. The Morgan fingerprint density at radius 1 is 1.19 bits per heavy atom. The van der Waals surface area contributed by atoms with E-state index >= 15 is 0 Å². The number of aliphatic carboxylic acids is 1. The fourth-order valence-electron chi connectivity index (χ4n) is 6.85. The maximum absolute atomic E-state index is 14.5. The number of hydrogen-bond donors (Lipinski definition) is 6. The number of aryl methyl sites for hydroxylation is 2. The zero-order chi connectivity index (χ0) is 52.6. The number of carboxylic acids is 1. The molecule has 2 aliphatic rings. The molecule has 0 aliphatic carbocycles. The van der Waals surface area contributed by atoms with Crippen LogP contribution in [0.2, 0.25) is 5.28 Å². The molecule has 20 nitrogen and oxygen atoms in total. The van der Waals surface area contributed by atoms with Gasteiger partial charge in [0, 0.05) is 49.8 Å². The molecule has 4 aromatic rings. The number of nitrogens with zero attached hydrogens (tertiary/aromatic N) is 8. The van der Waals surface area contributed by atoms with Crippen molar-refractivity contribution in [3.63, 3.8) is 0 Å². The Bertz CT molecular complexity index is 2600. The SMILES string of the molecule is C#CCN1C(=O)COc2cc(F)c(N=c3snc4n3CC(C)(C)C4)cc21.CCNc1nc(Cl)nc(NC(C)(C)C)n1.CCc1cccc(C)c1N(C(=O)CCl)C(C)COC.O=C(O)CNCP(=O)(O)O. The topological polar surface area (TPSA) is 259 Å². The van der Waals surface area contributed by atoms with Crippen LogP contribution in [0.25, 0.3) is 0 Å². The first-order valence-electron chi connectivity index (χ1n) is 21.9. The predicted molar refractivity (Wildman–Crippen MR) is 271 cm³/mol. The monoisotopic (exact) mass is 1050 g/mol. The van der Waals surface area contributed by atoms with Crippen LogP contribution in [-0.2, 0) is 43.1 Å². The summed E-state index contributed by atoms with van der Waals surface area (Å²) in [5.41, 5.74) is 3.79. The van der Waals surface area contributed by atoms with Crippen molar-refractivity contribution in [3.8, 4) is 18.1 Å². The third kappa shape index (κ3) is 18.5. The Labute approximate surface area is 421 Å². The number of halogens is 3. The minimum Gasteiger partial charge on any atom is -0.481 e. The number of methoxy groups -OCH3 is 1. The lowest BCUT2D eigenvalue weighted by Crippen LogP contribution is -2.43. The second-order valence-electron chi connectivity index (χ2n) is 17.6. The molecule has 0 radical (unpaired) electrons. The molecule has 384 valence electrons. The van der Waals surface area contributed by atoms with Crippen molar-refractivity contribution < 1.29 is 47.7 Å². The number of carboxylic acid groups (broad SMARTS) is 1. The van der Waals surface area contributed by atoms with E-state index in [2.05, 4.69) is 73.0 Å². The fraction of sp³-hybridized carbons (Fsp3) is 0.511. The van der Waals surface area contributed by atoms with Gasteiger partial charge in [0.15, 0.2) is 12.4 Å². The number of rotatable bonds is 15. The van der Waals surface area contributed by atoms with E-state index in [9.17, 15) is 23.3 Å². The summed E-state index contributed by atoms with van der Waals surface area (Å²) in [4.78, 5) is 70.8. The Morgan fingerprint density at radius 3 is 2.46 bits per heavy atom. The molecule has 6 N–H and O–H groups in total. The first kappa shape index (κ1) is 59.1. The van der Waals surface area contributed by atoms with E-state index in [1.54, 1.807) is 12.0 Å². The molecule has 1 unspecified atom stereocenters. The molecular formula is C45H63Cl2FN11O9PS. The molecule has 0 bridgehead atoms. The van der Waals surface area contributed by atoms with Gasteiger partial charge >= 0.3 is 13.6 Å². The number of amides is 2. The Kier molecular flexibility index (Phi) is 22.6. The second kappa shape index (κ2) is 26.8. The first-order valence-corrected chi connectivity index (χ1v) is 25.4. The maximum atomic E-state index is 14.5. The van der Waals surface area contributed by atoms with Crippen LogP contribution in [-0.4, -0.2) is 120 Å². The van der Waals surface area contributed by atoms with E-state index in [1.807, 2.05) is 58.2 Å². The number of alkyl halides is 1. The minimum atomic E-state index is -4.10. The largest absolute Gasteiger partial charge is 0.481 e. The number of terminal acetylenes is 1. The minimum absolute atomic E-state index is 0.0223. The van der Waals surface area contributed by atoms with Crippen molar-refractivity contribution in [3.05, 3.63) is 63.2 Å². The van der Waals surface area contributed by atoms with Gasteiger partial charge in [0.2, 0.25) is 27.9 Å². The normalized spacial score (nSPS) is 14.2. The zero-order valence-corrected chi connectivity index (χ0v) is 44.2. The molecule has 4 heterocycles. The van der Waals surface area contributed by atoms with Crippen molar-refractivity contribution in [2.45, 2.75) is 93.3 Å². The summed E-state index contributed by atoms with van der Waals surface area (Å²) in [5.74, 6) is 2.64. The maximum Gasteiger partial charge on any atom is 0.339 e. The van der Waals surface area contributed by atoms with Gasteiger partial charge in [0.1, 0.15) is 23.1 Å². The molecule has 2 aromatic heterocycles. The smallest absolute Gasteiger partial charge is 0.339 e. The average molecular weight is 1060 g/mol. The molecule has 0 saturated heterocycles. The van der Waals surface area contributed by atoms with Gasteiger partial charge in [0.25, 0.3) is 5.91 Å². The second-order valence-corrected chi connectivity index (χ2v) is 20.6. The van der Waals surface area contributed by atoms with Crippen LogP contribution in [0.1, 0.15) is 72.3 Å². The first-order chi connectivity index (χ1) is 32.8. The summed E-state index contributed by atoms with van der Waals surface area (Å²) in [5, 5.41) is 16.4.